The number of phenolic OH excluding ortho intramolecular Hbond substituents is 1. The SMILES string of the molecule is CCc1cc(CN2CCOC(C(N)=O)C2)c(O)c(C(C)(C)C)c1. The predicted molar refractivity (Wildman–Crippen MR) is 90.4 cm³/mol. The van der Waals surface area contributed by atoms with Gasteiger partial charge in [0.15, 0.2) is 0 Å². The molecule has 0 radical (unpaired) electrons. The number of aromatic hydroxyl groups is 1. The second-order valence-electron chi connectivity index (χ2n) is 7.25. The molecule has 23 heavy (non-hydrogen) atoms. The fourth-order valence-electron chi connectivity index (χ4n) is 2.92. The third-order valence-corrected chi connectivity index (χ3v) is 4.33. The number of morpholine rings is 1. The summed E-state index contributed by atoms with van der Waals surface area (Å²) >= 11 is 0. The van der Waals surface area contributed by atoms with Gasteiger partial charge in [0.05, 0.1) is 6.61 Å². The van der Waals surface area contributed by atoms with Gasteiger partial charge in [0.2, 0.25) is 5.91 Å². The normalized spacial score (nSPS) is 19.7. The van der Waals surface area contributed by atoms with Crippen LogP contribution in [0.3, 0.4) is 0 Å². The first-order chi connectivity index (χ1) is 10.7. The molecule has 0 bridgehead atoms. The number of primary amides is 1. The van der Waals surface area contributed by atoms with Crippen LogP contribution in [0.1, 0.15) is 44.4 Å². The lowest BCUT2D eigenvalue weighted by Gasteiger charge is -2.32. The van der Waals surface area contributed by atoms with E-state index in [-0.39, 0.29) is 5.41 Å². The van der Waals surface area contributed by atoms with Crippen LogP contribution in [0, 0.1) is 0 Å². The van der Waals surface area contributed by atoms with Crippen LogP contribution in [0.15, 0.2) is 12.1 Å². The smallest absolute Gasteiger partial charge is 0.247 e. The molecule has 1 fully saturated rings. The molecule has 0 aliphatic carbocycles. The van der Waals surface area contributed by atoms with E-state index in [4.69, 9.17) is 10.5 Å². The van der Waals surface area contributed by atoms with E-state index in [1.165, 1.54) is 5.56 Å². The van der Waals surface area contributed by atoms with Crippen molar-refractivity contribution in [2.75, 3.05) is 19.7 Å². The average molecular weight is 320 g/mol. The molecule has 5 heteroatoms. The van der Waals surface area contributed by atoms with Crippen molar-refractivity contribution in [3.63, 3.8) is 0 Å². The standard InChI is InChI=1S/C18H28N2O3/c1-5-12-8-13(16(21)14(9-12)18(2,3)4)10-20-6-7-23-15(11-20)17(19)22/h8-9,15,21H,5-7,10-11H2,1-4H3,(H2,19,22). The highest BCUT2D eigenvalue weighted by Gasteiger charge is 2.27. The molecule has 2 rings (SSSR count). The maximum atomic E-state index is 11.3. The predicted octanol–water partition coefficient (Wildman–Crippen LogP) is 1.94. The Bertz CT molecular complexity index is 578. The van der Waals surface area contributed by atoms with Gasteiger partial charge in [0, 0.05) is 25.2 Å². The molecule has 3 N–H and O–H groups in total. The number of phenols is 1. The van der Waals surface area contributed by atoms with Crippen LogP contribution in [0.5, 0.6) is 5.75 Å². The number of hydrogen-bond donors (Lipinski definition) is 2. The quantitative estimate of drug-likeness (QED) is 0.889. The molecule has 5 nitrogen and oxygen atoms in total. The van der Waals surface area contributed by atoms with Crippen molar-refractivity contribution in [2.45, 2.75) is 52.2 Å². The van der Waals surface area contributed by atoms with E-state index in [1.54, 1.807) is 0 Å². The molecule has 1 amide bonds. The minimum absolute atomic E-state index is 0.120. The molecule has 0 spiro atoms. The van der Waals surface area contributed by atoms with Gasteiger partial charge in [-0.05, 0) is 23.0 Å². The summed E-state index contributed by atoms with van der Waals surface area (Å²) in [6.45, 7) is 10.7. The summed E-state index contributed by atoms with van der Waals surface area (Å²) in [7, 11) is 0. The zero-order chi connectivity index (χ0) is 17.2. The number of nitrogens with two attached hydrogens (primary N) is 1. The van der Waals surface area contributed by atoms with Gasteiger partial charge in [-0.25, -0.2) is 0 Å². The first-order valence-corrected chi connectivity index (χ1v) is 8.21. The zero-order valence-electron chi connectivity index (χ0n) is 14.6. The molecule has 1 saturated heterocycles. The number of rotatable bonds is 4. The van der Waals surface area contributed by atoms with Gasteiger partial charge in [-0.1, -0.05) is 39.8 Å². The Kier molecular flexibility index (Phi) is 5.32. The van der Waals surface area contributed by atoms with Crippen molar-refractivity contribution in [1.82, 2.24) is 4.90 Å². The van der Waals surface area contributed by atoms with E-state index < -0.39 is 12.0 Å². The number of carbonyl (C=O) groups excluding carboxylic acids is 1. The Morgan fingerprint density at radius 1 is 1.43 bits per heavy atom. The van der Waals surface area contributed by atoms with Crippen molar-refractivity contribution in [2.24, 2.45) is 5.73 Å². The minimum Gasteiger partial charge on any atom is -0.507 e. The molecular weight excluding hydrogens is 292 g/mol. The maximum absolute atomic E-state index is 11.3. The number of benzene rings is 1. The lowest BCUT2D eigenvalue weighted by atomic mass is 9.83. The Morgan fingerprint density at radius 3 is 2.70 bits per heavy atom. The van der Waals surface area contributed by atoms with Crippen molar-refractivity contribution in [3.8, 4) is 5.75 Å². The number of ether oxygens (including phenoxy) is 1. The van der Waals surface area contributed by atoms with Crippen molar-refractivity contribution < 1.29 is 14.6 Å². The number of aryl methyl sites for hydroxylation is 1. The Hall–Kier alpha value is -1.59. The third kappa shape index (κ3) is 4.24. The Labute approximate surface area is 138 Å². The fourth-order valence-corrected chi connectivity index (χ4v) is 2.92. The Morgan fingerprint density at radius 2 is 2.13 bits per heavy atom. The molecule has 1 atom stereocenters. The number of hydrogen-bond acceptors (Lipinski definition) is 4. The van der Waals surface area contributed by atoms with E-state index in [0.29, 0.717) is 25.4 Å². The van der Waals surface area contributed by atoms with E-state index in [1.807, 2.05) is 0 Å². The van der Waals surface area contributed by atoms with E-state index >= 15 is 0 Å². The molecule has 1 aromatic rings. The van der Waals surface area contributed by atoms with Crippen LogP contribution in [0.25, 0.3) is 0 Å². The molecular formula is C18H28N2O3. The first kappa shape index (κ1) is 17.8. The second-order valence-corrected chi connectivity index (χ2v) is 7.25. The number of amides is 1. The fraction of sp³-hybridized carbons (Fsp3) is 0.611. The van der Waals surface area contributed by atoms with Gasteiger partial charge < -0.3 is 15.6 Å². The molecule has 1 unspecified atom stereocenters. The maximum Gasteiger partial charge on any atom is 0.247 e. The van der Waals surface area contributed by atoms with Crippen molar-refractivity contribution >= 4 is 5.91 Å². The lowest BCUT2D eigenvalue weighted by Crippen LogP contribution is -2.47. The van der Waals surface area contributed by atoms with E-state index in [9.17, 15) is 9.90 Å². The Balaban J connectivity index is 2.27. The van der Waals surface area contributed by atoms with E-state index in [0.717, 1.165) is 24.1 Å². The van der Waals surface area contributed by atoms with Crippen LogP contribution < -0.4 is 5.73 Å². The molecule has 1 aliphatic heterocycles. The molecule has 1 aromatic carbocycles. The summed E-state index contributed by atoms with van der Waals surface area (Å²) in [5.74, 6) is -0.0755. The third-order valence-electron chi connectivity index (χ3n) is 4.33. The summed E-state index contributed by atoms with van der Waals surface area (Å²) in [6, 6.07) is 4.14. The molecule has 1 heterocycles. The zero-order valence-corrected chi connectivity index (χ0v) is 14.6. The summed E-state index contributed by atoms with van der Waals surface area (Å²) in [6.07, 6.45) is 0.353. The molecule has 0 aromatic heterocycles. The van der Waals surface area contributed by atoms with Gasteiger partial charge in [0.25, 0.3) is 0 Å². The van der Waals surface area contributed by atoms with Crippen molar-refractivity contribution in [3.05, 3.63) is 28.8 Å². The highest BCUT2D eigenvalue weighted by atomic mass is 16.5. The molecule has 1 aliphatic rings. The highest BCUT2D eigenvalue weighted by Crippen LogP contribution is 2.35. The summed E-state index contributed by atoms with van der Waals surface area (Å²) in [4.78, 5) is 13.4. The molecule has 128 valence electrons. The summed E-state index contributed by atoms with van der Waals surface area (Å²) in [5, 5.41) is 10.7. The number of nitrogens with zero attached hydrogens (tertiary/aromatic N) is 1. The van der Waals surface area contributed by atoms with Crippen LogP contribution in [-0.4, -0.2) is 41.7 Å². The van der Waals surface area contributed by atoms with Crippen LogP contribution >= 0.6 is 0 Å². The highest BCUT2D eigenvalue weighted by molar-refractivity contribution is 5.79. The lowest BCUT2D eigenvalue weighted by molar-refractivity contribution is -0.135. The van der Waals surface area contributed by atoms with Crippen LogP contribution in [0.2, 0.25) is 0 Å². The van der Waals surface area contributed by atoms with Gasteiger partial charge in [-0.3, -0.25) is 9.69 Å². The first-order valence-electron chi connectivity index (χ1n) is 8.21. The van der Waals surface area contributed by atoms with Crippen LogP contribution in [-0.2, 0) is 27.9 Å². The van der Waals surface area contributed by atoms with Gasteiger partial charge in [0.1, 0.15) is 11.9 Å². The topological polar surface area (TPSA) is 75.8 Å². The van der Waals surface area contributed by atoms with Crippen molar-refractivity contribution in [1.29, 1.82) is 0 Å². The second kappa shape index (κ2) is 6.89. The molecule has 0 saturated carbocycles. The van der Waals surface area contributed by atoms with Gasteiger partial charge in [-0.15, -0.1) is 0 Å². The van der Waals surface area contributed by atoms with E-state index in [2.05, 4.69) is 44.7 Å². The largest absolute Gasteiger partial charge is 0.507 e. The monoisotopic (exact) mass is 320 g/mol. The van der Waals surface area contributed by atoms with Gasteiger partial charge in [-0.2, -0.15) is 0 Å². The van der Waals surface area contributed by atoms with Gasteiger partial charge >= 0.3 is 0 Å². The van der Waals surface area contributed by atoms with Crippen LogP contribution in [0.4, 0.5) is 0 Å². The average Bonchev–Trinajstić information content (AvgIpc) is 2.48. The number of carbonyl (C=O) groups is 1. The summed E-state index contributed by atoms with van der Waals surface area (Å²) in [5.41, 5.74) is 8.30. The minimum atomic E-state index is -0.567. The summed E-state index contributed by atoms with van der Waals surface area (Å²) < 4.78 is 5.38.